The largest absolute Gasteiger partial charge is 0.326 e. The summed E-state index contributed by atoms with van der Waals surface area (Å²) in [4.78, 5) is 12.3. The lowest BCUT2D eigenvalue weighted by Gasteiger charge is -2.13. The molecule has 0 saturated heterocycles. The van der Waals surface area contributed by atoms with Gasteiger partial charge in [-0.1, -0.05) is 48.9 Å². The van der Waals surface area contributed by atoms with Crippen molar-refractivity contribution in [1.29, 1.82) is 0 Å². The van der Waals surface area contributed by atoms with E-state index >= 15 is 0 Å². The molecule has 0 fully saturated rings. The lowest BCUT2D eigenvalue weighted by Crippen LogP contribution is -2.22. The van der Waals surface area contributed by atoms with Crippen LogP contribution in [0.2, 0.25) is 0 Å². The summed E-state index contributed by atoms with van der Waals surface area (Å²) in [5, 5.41) is 7.85. The average molecular weight is 346 g/mol. The Hall–Kier alpha value is -2.18. The Morgan fingerprint density at radius 2 is 1.58 bits per heavy atom. The highest BCUT2D eigenvalue weighted by molar-refractivity contribution is 7.88. The lowest BCUT2D eigenvalue weighted by atomic mass is 9.99. The number of rotatable bonds is 6. The molecule has 2 aromatic carbocycles. The predicted molar refractivity (Wildman–Crippen MR) is 95.9 cm³/mol. The van der Waals surface area contributed by atoms with Gasteiger partial charge in [-0.25, -0.2) is 13.6 Å². The van der Waals surface area contributed by atoms with Gasteiger partial charge in [-0.05, 0) is 36.6 Å². The summed E-state index contributed by atoms with van der Waals surface area (Å²) in [6.45, 7) is 3.91. The molecule has 2 aromatic rings. The van der Waals surface area contributed by atoms with Crippen LogP contribution in [0.3, 0.4) is 0 Å². The van der Waals surface area contributed by atoms with E-state index in [2.05, 4.69) is 5.32 Å². The number of aryl methyl sites for hydroxylation is 1. The molecule has 0 aliphatic heterocycles. The molecule has 0 radical (unpaired) electrons. The lowest BCUT2D eigenvalue weighted by molar-refractivity contribution is -0.119. The fraction of sp³-hybridized carbons (Fsp3) is 0.278. The highest BCUT2D eigenvalue weighted by atomic mass is 32.2. The van der Waals surface area contributed by atoms with Crippen LogP contribution in [0.1, 0.15) is 23.6 Å². The third-order valence-electron chi connectivity index (χ3n) is 3.70. The number of amides is 1. The van der Waals surface area contributed by atoms with Crippen molar-refractivity contribution in [2.45, 2.75) is 26.0 Å². The van der Waals surface area contributed by atoms with E-state index < -0.39 is 10.0 Å². The minimum absolute atomic E-state index is 0.0743. The number of hydrogen-bond donors (Lipinski definition) is 2. The van der Waals surface area contributed by atoms with Gasteiger partial charge in [0.15, 0.2) is 0 Å². The monoisotopic (exact) mass is 346 g/mol. The van der Waals surface area contributed by atoms with Gasteiger partial charge < -0.3 is 5.32 Å². The standard InChI is InChI=1S/C18H22N2O3S/c1-13-3-5-15(6-4-13)11-14(2)18(21)20-17-9-7-16(8-10-17)12-24(19,22)23/h3-10,14H,11-12H2,1-2H3,(H,20,21)(H2,19,22,23)/t14-/m1/s1. The molecule has 128 valence electrons. The normalized spacial score (nSPS) is 12.6. The molecule has 1 atom stereocenters. The Balaban J connectivity index is 1.94. The number of carbonyl (C=O) groups excluding carboxylic acids is 1. The molecule has 5 nitrogen and oxygen atoms in total. The molecule has 0 spiro atoms. The van der Waals surface area contributed by atoms with E-state index in [-0.39, 0.29) is 17.6 Å². The molecular weight excluding hydrogens is 324 g/mol. The number of hydrogen-bond acceptors (Lipinski definition) is 3. The Bertz CT molecular complexity index is 797. The van der Waals surface area contributed by atoms with E-state index in [1.165, 1.54) is 5.56 Å². The van der Waals surface area contributed by atoms with Gasteiger partial charge in [-0.15, -0.1) is 0 Å². The van der Waals surface area contributed by atoms with Gasteiger partial charge in [0.05, 0.1) is 5.75 Å². The van der Waals surface area contributed by atoms with Crippen molar-refractivity contribution >= 4 is 21.6 Å². The Labute approximate surface area is 142 Å². The molecule has 0 aliphatic rings. The summed E-state index contributed by atoms with van der Waals surface area (Å²) in [5.41, 5.74) is 3.53. The molecule has 2 rings (SSSR count). The van der Waals surface area contributed by atoms with Crippen LogP contribution in [-0.4, -0.2) is 14.3 Å². The number of carbonyl (C=O) groups is 1. The van der Waals surface area contributed by atoms with Gasteiger partial charge in [-0.3, -0.25) is 4.79 Å². The summed E-state index contributed by atoms with van der Waals surface area (Å²) in [6.07, 6.45) is 0.662. The minimum Gasteiger partial charge on any atom is -0.326 e. The highest BCUT2D eigenvalue weighted by Crippen LogP contribution is 2.15. The molecule has 0 aromatic heterocycles. The van der Waals surface area contributed by atoms with E-state index in [4.69, 9.17) is 5.14 Å². The van der Waals surface area contributed by atoms with Crippen LogP contribution < -0.4 is 10.5 Å². The second-order valence-corrected chi connectivity index (χ2v) is 7.70. The Morgan fingerprint density at radius 3 is 2.12 bits per heavy atom. The van der Waals surface area contributed by atoms with Gasteiger partial charge >= 0.3 is 0 Å². The summed E-state index contributed by atoms with van der Waals surface area (Å²) in [5.74, 6) is -0.461. The number of nitrogens with two attached hydrogens (primary N) is 1. The quantitative estimate of drug-likeness (QED) is 0.842. The van der Waals surface area contributed by atoms with E-state index in [0.717, 1.165) is 5.56 Å². The number of nitrogens with one attached hydrogen (secondary N) is 1. The van der Waals surface area contributed by atoms with Gasteiger partial charge in [0.1, 0.15) is 0 Å². The average Bonchev–Trinajstić information content (AvgIpc) is 2.50. The third kappa shape index (κ3) is 5.79. The van der Waals surface area contributed by atoms with E-state index in [1.54, 1.807) is 24.3 Å². The van der Waals surface area contributed by atoms with Crippen molar-refractivity contribution < 1.29 is 13.2 Å². The first-order chi connectivity index (χ1) is 11.2. The number of sulfonamides is 1. The van der Waals surface area contributed by atoms with Gasteiger partial charge in [0, 0.05) is 11.6 Å². The molecule has 0 saturated carbocycles. The number of anilines is 1. The molecule has 0 aliphatic carbocycles. The first-order valence-electron chi connectivity index (χ1n) is 7.69. The van der Waals surface area contributed by atoms with Crippen molar-refractivity contribution in [3.63, 3.8) is 0 Å². The Kier molecular flexibility index (Phi) is 5.75. The van der Waals surface area contributed by atoms with Crippen molar-refractivity contribution in [1.82, 2.24) is 0 Å². The first-order valence-corrected chi connectivity index (χ1v) is 9.40. The zero-order valence-corrected chi connectivity index (χ0v) is 14.6. The summed E-state index contributed by atoms with van der Waals surface area (Å²) in [7, 11) is -3.55. The van der Waals surface area contributed by atoms with Crippen LogP contribution in [-0.2, 0) is 27.0 Å². The molecule has 6 heteroatoms. The van der Waals surface area contributed by atoms with Crippen LogP contribution >= 0.6 is 0 Å². The zero-order chi connectivity index (χ0) is 17.7. The van der Waals surface area contributed by atoms with Crippen LogP contribution in [0, 0.1) is 12.8 Å². The fourth-order valence-electron chi connectivity index (χ4n) is 2.35. The molecule has 3 N–H and O–H groups in total. The SMILES string of the molecule is Cc1ccc(C[C@@H](C)C(=O)Nc2ccc(CS(N)(=O)=O)cc2)cc1. The molecular formula is C18H22N2O3S. The van der Waals surface area contributed by atoms with E-state index in [1.807, 2.05) is 38.1 Å². The van der Waals surface area contributed by atoms with Crippen LogP contribution in [0.4, 0.5) is 5.69 Å². The molecule has 0 bridgehead atoms. The van der Waals surface area contributed by atoms with Crippen molar-refractivity contribution in [2.75, 3.05) is 5.32 Å². The summed E-state index contributed by atoms with van der Waals surface area (Å²) >= 11 is 0. The fourth-order valence-corrected chi connectivity index (χ4v) is 3.01. The predicted octanol–water partition coefficient (Wildman–Crippen LogP) is 2.60. The van der Waals surface area contributed by atoms with Crippen LogP contribution in [0.5, 0.6) is 0 Å². The third-order valence-corrected chi connectivity index (χ3v) is 4.44. The van der Waals surface area contributed by atoms with Crippen LogP contribution in [0.15, 0.2) is 48.5 Å². The maximum absolute atomic E-state index is 12.3. The van der Waals surface area contributed by atoms with E-state index in [0.29, 0.717) is 17.7 Å². The smallest absolute Gasteiger partial charge is 0.227 e. The highest BCUT2D eigenvalue weighted by Gasteiger charge is 2.14. The Morgan fingerprint density at radius 1 is 1.04 bits per heavy atom. The summed E-state index contributed by atoms with van der Waals surface area (Å²) in [6, 6.07) is 14.8. The molecule has 0 unspecified atom stereocenters. The van der Waals surface area contributed by atoms with Crippen molar-refractivity contribution in [3.05, 3.63) is 65.2 Å². The maximum Gasteiger partial charge on any atom is 0.227 e. The van der Waals surface area contributed by atoms with Crippen molar-refractivity contribution in [3.8, 4) is 0 Å². The number of benzene rings is 2. The first kappa shape index (κ1) is 18.2. The second-order valence-electron chi connectivity index (χ2n) is 6.08. The molecule has 0 heterocycles. The minimum atomic E-state index is -3.55. The topological polar surface area (TPSA) is 89.3 Å². The van der Waals surface area contributed by atoms with Crippen LogP contribution in [0.25, 0.3) is 0 Å². The van der Waals surface area contributed by atoms with Gasteiger partial charge in [0.25, 0.3) is 0 Å². The second kappa shape index (κ2) is 7.59. The maximum atomic E-state index is 12.3. The van der Waals surface area contributed by atoms with Gasteiger partial charge in [-0.2, -0.15) is 0 Å². The van der Waals surface area contributed by atoms with Crippen molar-refractivity contribution in [2.24, 2.45) is 11.1 Å². The number of primary sulfonamides is 1. The van der Waals surface area contributed by atoms with E-state index in [9.17, 15) is 13.2 Å². The summed E-state index contributed by atoms with van der Waals surface area (Å²) < 4.78 is 22.1. The molecule has 24 heavy (non-hydrogen) atoms. The van der Waals surface area contributed by atoms with Gasteiger partial charge in [0.2, 0.25) is 15.9 Å². The zero-order valence-electron chi connectivity index (χ0n) is 13.8. The molecule has 1 amide bonds.